The van der Waals surface area contributed by atoms with E-state index in [1.807, 2.05) is 0 Å². The summed E-state index contributed by atoms with van der Waals surface area (Å²) in [5.74, 6) is 0.284. The zero-order chi connectivity index (χ0) is 13.4. The van der Waals surface area contributed by atoms with Crippen LogP contribution in [0.2, 0.25) is 5.15 Å². The van der Waals surface area contributed by atoms with Crippen molar-refractivity contribution in [1.29, 1.82) is 0 Å². The summed E-state index contributed by atoms with van der Waals surface area (Å²) in [6, 6.07) is 3.08. The maximum atomic E-state index is 11.6. The molecule has 0 bridgehead atoms. The van der Waals surface area contributed by atoms with Gasteiger partial charge in [-0.15, -0.1) is 10.2 Å². The Morgan fingerprint density at radius 3 is 2.83 bits per heavy atom. The maximum Gasteiger partial charge on any atom is 0.271 e. The van der Waals surface area contributed by atoms with Gasteiger partial charge in [-0.05, 0) is 24.5 Å². The van der Waals surface area contributed by atoms with Crippen LogP contribution in [0.4, 0.5) is 0 Å². The van der Waals surface area contributed by atoms with Crippen molar-refractivity contribution in [3.8, 4) is 0 Å². The van der Waals surface area contributed by atoms with Gasteiger partial charge in [0.1, 0.15) is 0 Å². The van der Waals surface area contributed by atoms with Gasteiger partial charge in [-0.2, -0.15) is 0 Å². The fourth-order valence-corrected chi connectivity index (χ4v) is 1.32. The van der Waals surface area contributed by atoms with Crippen molar-refractivity contribution in [2.45, 2.75) is 20.3 Å². The Morgan fingerprint density at radius 1 is 1.44 bits per heavy atom. The highest BCUT2D eigenvalue weighted by molar-refractivity contribution is 6.29. The number of nitrogens with one attached hydrogen (secondary N) is 1. The fraction of sp³-hybridized carbons (Fsp3) is 0.583. The van der Waals surface area contributed by atoms with Gasteiger partial charge in [-0.3, -0.25) is 4.79 Å². The van der Waals surface area contributed by atoms with Crippen LogP contribution >= 0.6 is 11.6 Å². The minimum Gasteiger partial charge on any atom is -0.381 e. The van der Waals surface area contributed by atoms with E-state index in [-0.39, 0.29) is 16.8 Å². The molecule has 1 aromatic rings. The molecule has 100 valence electrons. The van der Waals surface area contributed by atoms with E-state index in [4.69, 9.17) is 16.3 Å². The van der Waals surface area contributed by atoms with Gasteiger partial charge in [-0.1, -0.05) is 25.4 Å². The minimum atomic E-state index is -0.247. The fourth-order valence-electron chi connectivity index (χ4n) is 1.22. The number of carbonyl (C=O) groups excluding carboxylic acids is 1. The number of nitrogens with zero attached hydrogens (tertiary/aromatic N) is 2. The maximum absolute atomic E-state index is 11.6. The van der Waals surface area contributed by atoms with Crippen molar-refractivity contribution in [3.05, 3.63) is 23.0 Å². The molecule has 0 unspecified atom stereocenters. The Hall–Kier alpha value is -1.20. The summed E-state index contributed by atoms with van der Waals surface area (Å²) in [4.78, 5) is 11.6. The van der Waals surface area contributed by atoms with Crippen molar-refractivity contribution < 1.29 is 9.53 Å². The largest absolute Gasteiger partial charge is 0.381 e. The summed E-state index contributed by atoms with van der Waals surface area (Å²) < 4.78 is 5.40. The van der Waals surface area contributed by atoms with Crippen LogP contribution in [0.25, 0.3) is 0 Å². The first kappa shape index (κ1) is 14.9. The molecule has 1 amide bonds. The summed E-state index contributed by atoms with van der Waals surface area (Å²) in [6.07, 6.45) is 0.777. The Morgan fingerprint density at radius 2 is 2.22 bits per heavy atom. The average molecular weight is 272 g/mol. The van der Waals surface area contributed by atoms with Crippen molar-refractivity contribution in [3.63, 3.8) is 0 Å². The Balaban J connectivity index is 2.16. The van der Waals surface area contributed by atoms with Crippen molar-refractivity contribution in [2.75, 3.05) is 19.8 Å². The average Bonchev–Trinajstić information content (AvgIpc) is 2.34. The second-order valence-corrected chi connectivity index (χ2v) is 4.71. The van der Waals surface area contributed by atoms with Crippen LogP contribution < -0.4 is 5.32 Å². The van der Waals surface area contributed by atoms with E-state index in [1.165, 1.54) is 6.07 Å². The highest BCUT2D eigenvalue weighted by atomic mass is 35.5. The molecule has 5 nitrogen and oxygen atoms in total. The third kappa shape index (κ3) is 5.93. The number of halogens is 1. The SMILES string of the molecule is CC(C)COCCCNC(=O)c1ccc(Cl)nn1. The zero-order valence-corrected chi connectivity index (χ0v) is 11.4. The van der Waals surface area contributed by atoms with Gasteiger partial charge in [0.2, 0.25) is 0 Å². The van der Waals surface area contributed by atoms with Gasteiger partial charge in [0.25, 0.3) is 5.91 Å². The van der Waals surface area contributed by atoms with E-state index in [9.17, 15) is 4.79 Å². The summed E-state index contributed by atoms with van der Waals surface area (Å²) in [5, 5.41) is 10.3. The molecule has 0 fully saturated rings. The third-order valence-corrected chi connectivity index (χ3v) is 2.27. The van der Waals surface area contributed by atoms with Gasteiger partial charge < -0.3 is 10.1 Å². The molecule has 1 rings (SSSR count). The number of rotatable bonds is 7. The molecule has 0 saturated carbocycles. The molecule has 18 heavy (non-hydrogen) atoms. The van der Waals surface area contributed by atoms with E-state index >= 15 is 0 Å². The number of aromatic nitrogens is 2. The van der Waals surface area contributed by atoms with E-state index in [0.717, 1.165) is 13.0 Å². The molecule has 1 N–H and O–H groups in total. The quantitative estimate of drug-likeness (QED) is 0.770. The van der Waals surface area contributed by atoms with E-state index in [1.54, 1.807) is 6.07 Å². The molecule has 1 heterocycles. The van der Waals surface area contributed by atoms with Crippen LogP contribution in [0.15, 0.2) is 12.1 Å². The van der Waals surface area contributed by atoms with Crippen LogP contribution in [0.1, 0.15) is 30.8 Å². The molecule has 0 aliphatic heterocycles. The summed E-state index contributed by atoms with van der Waals surface area (Å²) in [6.45, 7) is 6.14. The minimum absolute atomic E-state index is 0.247. The highest BCUT2D eigenvalue weighted by Gasteiger charge is 2.06. The lowest BCUT2D eigenvalue weighted by atomic mass is 10.2. The Bertz CT molecular complexity index is 368. The van der Waals surface area contributed by atoms with Crippen LogP contribution in [-0.2, 0) is 4.74 Å². The van der Waals surface area contributed by atoms with E-state index in [2.05, 4.69) is 29.4 Å². The second kappa shape index (κ2) is 8.00. The highest BCUT2D eigenvalue weighted by Crippen LogP contribution is 2.01. The smallest absolute Gasteiger partial charge is 0.271 e. The lowest BCUT2D eigenvalue weighted by Crippen LogP contribution is -2.26. The molecule has 0 radical (unpaired) electrons. The van der Waals surface area contributed by atoms with Gasteiger partial charge in [0.05, 0.1) is 0 Å². The molecule has 0 aliphatic rings. The van der Waals surface area contributed by atoms with Crippen LogP contribution in [0, 0.1) is 5.92 Å². The van der Waals surface area contributed by atoms with E-state index < -0.39 is 0 Å². The van der Waals surface area contributed by atoms with Crippen molar-refractivity contribution in [2.24, 2.45) is 5.92 Å². The van der Waals surface area contributed by atoms with Gasteiger partial charge in [-0.25, -0.2) is 0 Å². The summed E-state index contributed by atoms with van der Waals surface area (Å²) in [7, 11) is 0. The number of ether oxygens (including phenoxy) is 1. The van der Waals surface area contributed by atoms with Gasteiger partial charge in [0, 0.05) is 19.8 Å². The first-order valence-corrected chi connectivity index (χ1v) is 6.32. The summed E-state index contributed by atoms with van der Waals surface area (Å²) >= 11 is 5.58. The first-order chi connectivity index (χ1) is 8.59. The predicted molar refractivity (Wildman–Crippen MR) is 69.6 cm³/mol. The van der Waals surface area contributed by atoms with Gasteiger partial charge in [0.15, 0.2) is 10.8 Å². The molecular formula is C12H18ClN3O2. The molecule has 0 atom stereocenters. The molecule has 1 aromatic heterocycles. The standard InChI is InChI=1S/C12H18ClN3O2/c1-9(2)8-18-7-3-6-14-12(17)10-4-5-11(13)16-15-10/h4-5,9H,3,6-8H2,1-2H3,(H,14,17). The lowest BCUT2D eigenvalue weighted by molar-refractivity contribution is 0.0919. The van der Waals surface area contributed by atoms with Crippen LogP contribution in [-0.4, -0.2) is 35.9 Å². The monoisotopic (exact) mass is 271 g/mol. The summed E-state index contributed by atoms with van der Waals surface area (Å²) in [5.41, 5.74) is 0.266. The lowest BCUT2D eigenvalue weighted by Gasteiger charge is -2.07. The van der Waals surface area contributed by atoms with E-state index in [0.29, 0.717) is 19.1 Å². The molecule has 6 heteroatoms. The molecule has 0 aromatic carbocycles. The van der Waals surface area contributed by atoms with Crippen LogP contribution in [0.5, 0.6) is 0 Å². The predicted octanol–water partition coefficient (Wildman–Crippen LogP) is 1.92. The molecular weight excluding hydrogens is 254 g/mol. The second-order valence-electron chi connectivity index (χ2n) is 4.32. The molecule has 0 saturated heterocycles. The first-order valence-electron chi connectivity index (χ1n) is 5.94. The number of hydrogen-bond donors (Lipinski definition) is 1. The normalized spacial score (nSPS) is 10.7. The van der Waals surface area contributed by atoms with Gasteiger partial charge >= 0.3 is 0 Å². The molecule has 0 aliphatic carbocycles. The topological polar surface area (TPSA) is 64.1 Å². The Kier molecular flexibility index (Phi) is 6.60. The third-order valence-electron chi connectivity index (χ3n) is 2.07. The number of carbonyl (C=O) groups is 1. The molecule has 0 spiro atoms. The van der Waals surface area contributed by atoms with Crippen molar-refractivity contribution >= 4 is 17.5 Å². The number of amides is 1. The number of hydrogen-bond acceptors (Lipinski definition) is 4. The van der Waals surface area contributed by atoms with Crippen LogP contribution in [0.3, 0.4) is 0 Å². The zero-order valence-electron chi connectivity index (χ0n) is 10.6. The van der Waals surface area contributed by atoms with Crippen molar-refractivity contribution in [1.82, 2.24) is 15.5 Å². The Labute approximate surface area is 112 Å².